The number of anilines is 1. The largest absolute Gasteiger partial charge is 0.378 e. The van der Waals surface area contributed by atoms with Crippen molar-refractivity contribution >= 4 is 5.69 Å². The molecule has 1 aromatic carbocycles. The van der Waals surface area contributed by atoms with Crippen molar-refractivity contribution in [2.45, 2.75) is 20.0 Å². The van der Waals surface area contributed by atoms with Gasteiger partial charge in [0, 0.05) is 19.6 Å². The van der Waals surface area contributed by atoms with E-state index in [0.717, 1.165) is 19.6 Å². The number of hydrogen-bond acceptors (Lipinski definition) is 3. The Labute approximate surface area is 112 Å². The van der Waals surface area contributed by atoms with E-state index in [4.69, 9.17) is 4.74 Å². The maximum absolute atomic E-state index is 13.8. The van der Waals surface area contributed by atoms with Crippen LogP contribution in [0.4, 0.5) is 14.5 Å². The van der Waals surface area contributed by atoms with Gasteiger partial charge in [-0.05, 0) is 25.1 Å². The average molecular weight is 270 g/mol. The predicted molar refractivity (Wildman–Crippen MR) is 71.4 cm³/mol. The van der Waals surface area contributed by atoms with Crippen molar-refractivity contribution in [1.29, 1.82) is 0 Å². The molecule has 1 heterocycles. The maximum Gasteiger partial charge on any atom is 0.152 e. The highest BCUT2D eigenvalue weighted by Gasteiger charge is 2.20. The summed E-state index contributed by atoms with van der Waals surface area (Å²) in [6.07, 6.45) is -0.0342. The molecule has 2 rings (SSSR count). The Morgan fingerprint density at radius 2 is 2.21 bits per heavy atom. The van der Waals surface area contributed by atoms with E-state index >= 15 is 0 Å². The Kier molecular flexibility index (Phi) is 4.71. The number of likely N-dealkylation sites (N-methyl/N-ethyl adjacent to an activating group) is 1. The molecule has 0 aliphatic carbocycles. The zero-order valence-electron chi connectivity index (χ0n) is 11.4. The van der Waals surface area contributed by atoms with Gasteiger partial charge in [0.2, 0.25) is 0 Å². The zero-order chi connectivity index (χ0) is 13.8. The van der Waals surface area contributed by atoms with Gasteiger partial charge in [-0.3, -0.25) is 4.90 Å². The van der Waals surface area contributed by atoms with E-state index in [1.54, 1.807) is 6.92 Å². The molecule has 1 fully saturated rings. The van der Waals surface area contributed by atoms with Crippen LogP contribution in [0, 0.1) is 18.6 Å². The van der Waals surface area contributed by atoms with Gasteiger partial charge in [-0.1, -0.05) is 13.0 Å². The van der Waals surface area contributed by atoms with Crippen LogP contribution < -0.4 is 5.32 Å². The highest BCUT2D eigenvalue weighted by Crippen LogP contribution is 2.21. The Bertz CT molecular complexity index is 440. The molecule has 19 heavy (non-hydrogen) atoms. The SMILES string of the molecule is CCN1CCOC(CNc2c(F)ccc(C)c2F)C1. The zero-order valence-corrected chi connectivity index (χ0v) is 11.4. The molecule has 0 spiro atoms. The van der Waals surface area contributed by atoms with Crippen molar-refractivity contribution < 1.29 is 13.5 Å². The number of benzene rings is 1. The molecule has 0 radical (unpaired) electrons. The molecule has 0 bridgehead atoms. The van der Waals surface area contributed by atoms with Crippen LogP contribution >= 0.6 is 0 Å². The average Bonchev–Trinajstić information content (AvgIpc) is 2.43. The lowest BCUT2D eigenvalue weighted by Gasteiger charge is -2.32. The quantitative estimate of drug-likeness (QED) is 0.909. The number of nitrogens with one attached hydrogen (secondary N) is 1. The Hall–Kier alpha value is -1.20. The number of rotatable bonds is 4. The molecule has 1 aromatic rings. The van der Waals surface area contributed by atoms with Crippen molar-refractivity contribution in [3.05, 3.63) is 29.3 Å². The van der Waals surface area contributed by atoms with E-state index in [1.165, 1.54) is 12.1 Å². The fraction of sp³-hybridized carbons (Fsp3) is 0.571. The summed E-state index contributed by atoms with van der Waals surface area (Å²) < 4.78 is 33.0. The van der Waals surface area contributed by atoms with Gasteiger partial charge in [-0.15, -0.1) is 0 Å². The topological polar surface area (TPSA) is 24.5 Å². The number of halogens is 2. The molecular weight excluding hydrogens is 250 g/mol. The van der Waals surface area contributed by atoms with Crippen LogP contribution in [0.15, 0.2) is 12.1 Å². The summed E-state index contributed by atoms with van der Waals surface area (Å²) in [4.78, 5) is 2.26. The highest BCUT2D eigenvalue weighted by atomic mass is 19.1. The van der Waals surface area contributed by atoms with Gasteiger partial charge >= 0.3 is 0 Å². The summed E-state index contributed by atoms with van der Waals surface area (Å²) in [5.41, 5.74) is 0.376. The fourth-order valence-corrected chi connectivity index (χ4v) is 2.23. The number of nitrogens with zero attached hydrogens (tertiary/aromatic N) is 1. The molecular formula is C14H20F2N2O. The van der Waals surface area contributed by atoms with Crippen LogP contribution in [-0.2, 0) is 4.74 Å². The molecule has 1 unspecified atom stereocenters. The molecule has 1 aliphatic rings. The lowest BCUT2D eigenvalue weighted by molar-refractivity contribution is -0.0192. The summed E-state index contributed by atoms with van der Waals surface area (Å²) in [5.74, 6) is -1.09. The van der Waals surface area contributed by atoms with E-state index in [-0.39, 0.29) is 11.8 Å². The van der Waals surface area contributed by atoms with Gasteiger partial charge in [-0.25, -0.2) is 8.78 Å². The normalized spacial score (nSPS) is 20.5. The minimum atomic E-state index is -0.564. The van der Waals surface area contributed by atoms with Gasteiger partial charge < -0.3 is 10.1 Å². The van der Waals surface area contributed by atoms with Gasteiger partial charge in [0.05, 0.1) is 12.7 Å². The second-order valence-corrected chi connectivity index (χ2v) is 4.82. The second-order valence-electron chi connectivity index (χ2n) is 4.82. The second kappa shape index (κ2) is 6.30. The van der Waals surface area contributed by atoms with Crippen LogP contribution in [0.3, 0.4) is 0 Å². The minimum Gasteiger partial charge on any atom is -0.378 e. The lowest BCUT2D eigenvalue weighted by Crippen LogP contribution is -2.45. The van der Waals surface area contributed by atoms with Crippen LogP contribution in [0.5, 0.6) is 0 Å². The van der Waals surface area contributed by atoms with Crippen LogP contribution in [-0.4, -0.2) is 43.8 Å². The maximum atomic E-state index is 13.8. The number of hydrogen-bond donors (Lipinski definition) is 1. The predicted octanol–water partition coefficient (Wildman–Crippen LogP) is 2.41. The van der Waals surface area contributed by atoms with Crippen LogP contribution in [0.25, 0.3) is 0 Å². The highest BCUT2D eigenvalue weighted by molar-refractivity contribution is 5.49. The first-order chi connectivity index (χ1) is 9.11. The van der Waals surface area contributed by atoms with Gasteiger partial charge in [0.1, 0.15) is 11.5 Å². The molecule has 3 nitrogen and oxygen atoms in total. The van der Waals surface area contributed by atoms with E-state index in [9.17, 15) is 8.78 Å². The van der Waals surface area contributed by atoms with Gasteiger partial charge in [0.15, 0.2) is 5.82 Å². The molecule has 5 heteroatoms. The molecule has 1 atom stereocenters. The standard InChI is InChI=1S/C14H20F2N2O/c1-3-18-6-7-19-11(9-18)8-17-14-12(15)5-4-10(2)13(14)16/h4-5,11,17H,3,6-9H2,1-2H3. The molecule has 1 N–H and O–H groups in total. The molecule has 0 aromatic heterocycles. The van der Waals surface area contributed by atoms with E-state index < -0.39 is 11.6 Å². The summed E-state index contributed by atoms with van der Waals surface area (Å²) in [7, 11) is 0. The van der Waals surface area contributed by atoms with Crippen molar-refractivity contribution in [3.8, 4) is 0 Å². The first-order valence-electron chi connectivity index (χ1n) is 6.64. The molecule has 1 saturated heterocycles. The molecule has 0 saturated carbocycles. The number of ether oxygens (including phenoxy) is 1. The Balaban J connectivity index is 1.97. The third-order valence-corrected chi connectivity index (χ3v) is 3.46. The smallest absolute Gasteiger partial charge is 0.152 e. The van der Waals surface area contributed by atoms with Crippen molar-refractivity contribution in [3.63, 3.8) is 0 Å². The first kappa shape index (κ1) is 14.2. The fourth-order valence-electron chi connectivity index (χ4n) is 2.23. The Morgan fingerprint density at radius 1 is 1.42 bits per heavy atom. The summed E-state index contributed by atoms with van der Waals surface area (Å²) in [5, 5.41) is 2.83. The van der Waals surface area contributed by atoms with Crippen molar-refractivity contribution in [2.75, 3.05) is 38.1 Å². The monoisotopic (exact) mass is 270 g/mol. The number of morpholine rings is 1. The van der Waals surface area contributed by atoms with E-state index in [1.807, 2.05) is 0 Å². The molecule has 106 valence electrons. The summed E-state index contributed by atoms with van der Waals surface area (Å²) >= 11 is 0. The molecule has 1 aliphatic heterocycles. The van der Waals surface area contributed by atoms with Crippen LogP contribution in [0.1, 0.15) is 12.5 Å². The molecule has 0 amide bonds. The van der Waals surface area contributed by atoms with Gasteiger partial charge in [0.25, 0.3) is 0 Å². The Morgan fingerprint density at radius 3 is 2.95 bits per heavy atom. The third kappa shape index (κ3) is 3.42. The third-order valence-electron chi connectivity index (χ3n) is 3.46. The summed E-state index contributed by atoms with van der Waals surface area (Å²) in [6.45, 7) is 7.46. The lowest BCUT2D eigenvalue weighted by atomic mass is 10.2. The van der Waals surface area contributed by atoms with E-state index in [0.29, 0.717) is 18.7 Å². The van der Waals surface area contributed by atoms with Crippen molar-refractivity contribution in [2.24, 2.45) is 0 Å². The van der Waals surface area contributed by atoms with Crippen molar-refractivity contribution in [1.82, 2.24) is 4.90 Å². The minimum absolute atomic E-state index is 0.0342. The van der Waals surface area contributed by atoms with Crippen LogP contribution in [0.2, 0.25) is 0 Å². The number of aryl methyl sites for hydroxylation is 1. The van der Waals surface area contributed by atoms with E-state index in [2.05, 4.69) is 17.1 Å². The first-order valence-corrected chi connectivity index (χ1v) is 6.64. The summed E-state index contributed by atoms with van der Waals surface area (Å²) in [6, 6.07) is 2.71. The van der Waals surface area contributed by atoms with Gasteiger partial charge in [-0.2, -0.15) is 0 Å².